The van der Waals surface area contributed by atoms with Crippen LogP contribution in [-0.4, -0.2) is 43.6 Å². The van der Waals surface area contributed by atoms with Gasteiger partial charge in [0.25, 0.3) is 0 Å². The molecule has 3 atom stereocenters. The third kappa shape index (κ3) is 4.97. The molecule has 0 saturated heterocycles. The summed E-state index contributed by atoms with van der Waals surface area (Å²) in [6.07, 6.45) is 0.560. The van der Waals surface area contributed by atoms with Gasteiger partial charge in [-0.15, -0.1) is 5.10 Å². The third-order valence-corrected chi connectivity index (χ3v) is 5.33. The molecule has 0 aromatic carbocycles. The Balaban J connectivity index is 1.43. The van der Waals surface area contributed by atoms with Gasteiger partial charge in [0.1, 0.15) is 11.9 Å². The van der Waals surface area contributed by atoms with Crippen molar-refractivity contribution >= 4 is 23.5 Å². The van der Waals surface area contributed by atoms with Crippen molar-refractivity contribution in [1.82, 2.24) is 25.0 Å². The Kier molecular flexibility index (Phi) is 6.43. The van der Waals surface area contributed by atoms with E-state index < -0.39 is 30.6 Å². The van der Waals surface area contributed by atoms with Crippen molar-refractivity contribution in [1.29, 1.82) is 0 Å². The summed E-state index contributed by atoms with van der Waals surface area (Å²) in [5, 5.41) is 13.0. The van der Waals surface area contributed by atoms with E-state index in [-0.39, 0.29) is 34.8 Å². The fourth-order valence-electron chi connectivity index (χ4n) is 3.33. The number of nitrogens with zero attached hydrogens (tertiary/aromatic N) is 5. The number of hydrogen-bond acceptors (Lipinski definition) is 7. The molecule has 1 saturated carbocycles. The molecule has 34 heavy (non-hydrogen) atoms. The number of anilines is 2. The highest BCUT2D eigenvalue weighted by molar-refractivity contribution is 5.94. The molecule has 1 fully saturated rings. The SMILES string of the molecule is C[C@@H](OC(=O)Nc1c(-c2ccc(NC(=O)[C@@H]3C[C@H]3CF)cn2)nnn1C)c1cc(F)cnc1F. The highest BCUT2D eigenvalue weighted by Crippen LogP contribution is 2.39. The largest absolute Gasteiger partial charge is 0.441 e. The zero-order valence-electron chi connectivity index (χ0n) is 18.1. The highest BCUT2D eigenvalue weighted by atomic mass is 19.1. The lowest BCUT2D eigenvalue weighted by Crippen LogP contribution is -2.19. The zero-order chi connectivity index (χ0) is 24.4. The lowest BCUT2D eigenvalue weighted by Gasteiger charge is -2.15. The molecule has 3 aromatic heterocycles. The van der Waals surface area contributed by atoms with Crippen LogP contribution in [0, 0.1) is 23.6 Å². The number of rotatable bonds is 7. The molecule has 1 aliphatic rings. The Hall–Kier alpha value is -4.03. The number of carbonyl (C=O) groups is 2. The topological polar surface area (TPSA) is 124 Å². The monoisotopic (exact) mass is 475 g/mol. The van der Waals surface area contributed by atoms with E-state index >= 15 is 0 Å². The van der Waals surface area contributed by atoms with Gasteiger partial charge in [-0.2, -0.15) is 4.39 Å². The summed E-state index contributed by atoms with van der Waals surface area (Å²) in [5.74, 6) is -2.40. The molecule has 178 valence electrons. The number of hydrogen-bond donors (Lipinski definition) is 2. The molecule has 0 unspecified atom stereocenters. The maximum absolute atomic E-state index is 13.8. The van der Waals surface area contributed by atoms with Crippen molar-refractivity contribution in [2.24, 2.45) is 18.9 Å². The number of aryl methyl sites for hydroxylation is 1. The summed E-state index contributed by atoms with van der Waals surface area (Å²) in [5.41, 5.74) is 0.753. The normalized spacial score (nSPS) is 17.7. The molecule has 2 amide bonds. The number of halogens is 3. The summed E-state index contributed by atoms with van der Waals surface area (Å²) in [7, 11) is 1.53. The van der Waals surface area contributed by atoms with Crippen LogP contribution in [0.2, 0.25) is 0 Å². The van der Waals surface area contributed by atoms with E-state index in [0.717, 1.165) is 12.3 Å². The third-order valence-electron chi connectivity index (χ3n) is 5.33. The average Bonchev–Trinajstić information content (AvgIpc) is 3.53. The lowest BCUT2D eigenvalue weighted by molar-refractivity contribution is -0.117. The first-order chi connectivity index (χ1) is 16.3. The minimum Gasteiger partial charge on any atom is -0.441 e. The van der Waals surface area contributed by atoms with Gasteiger partial charge in [0, 0.05) is 13.0 Å². The van der Waals surface area contributed by atoms with E-state index in [2.05, 4.69) is 30.9 Å². The molecule has 10 nitrogen and oxygen atoms in total. The first kappa shape index (κ1) is 23.1. The summed E-state index contributed by atoms with van der Waals surface area (Å²) >= 11 is 0. The van der Waals surface area contributed by atoms with Gasteiger partial charge < -0.3 is 10.1 Å². The van der Waals surface area contributed by atoms with Crippen LogP contribution in [0.4, 0.5) is 29.5 Å². The molecule has 0 bridgehead atoms. The van der Waals surface area contributed by atoms with Crippen molar-refractivity contribution in [2.45, 2.75) is 19.4 Å². The van der Waals surface area contributed by atoms with Crippen LogP contribution in [-0.2, 0) is 16.6 Å². The fourth-order valence-corrected chi connectivity index (χ4v) is 3.33. The van der Waals surface area contributed by atoms with Gasteiger partial charge in [-0.25, -0.2) is 18.9 Å². The number of alkyl halides is 1. The molecular weight excluding hydrogens is 455 g/mol. The molecule has 0 aliphatic heterocycles. The second-order valence-corrected chi connectivity index (χ2v) is 7.79. The first-order valence-corrected chi connectivity index (χ1v) is 10.3. The molecule has 2 N–H and O–H groups in total. The summed E-state index contributed by atoms with van der Waals surface area (Å²) < 4.78 is 46.2. The second-order valence-electron chi connectivity index (χ2n) is 7.79. The van der Waals surface area contributed by atoms with Crippen molar-refractivity contribution in [2.75, 3.05) is 17.3 Å². The number of nitrogens with one attached hydrogen (secondary N) is 2. The quantitative estimate of drug-likeness (QED) is 0.502. The highest BCUT2D eigenvalue weighted by Gasteiger charge is 2.42. The van der Waals surface area contributed by atoms with Crippen molar-refractivity contribution in [3.05, 3.63) is 47.9 Å². The van der Waals surface area contributed by atoms with E-state index in [1.165, 1.54) is 24.9 Å². The van der Waals surface area contributed by atoms with Gasteiger partial charge in [-0.3, -0.25) is 19.5 Å². The Morgan fingerprint density at radius 1 is 1.24 bits per heavy atom. The van der Waals surface area contributed by atoms with Crippen molar-refractivity contribution < 1.29 is 27.5 Å². The molecule has 0 spiro atoms. The van der Waals surface area contributed by atoms with E-state index in [1.807, 2.05) is 0 Å². The predicted octanol–water partition coefficient (Wildman–Crippen LogP) is 3.40. The Bertz CT molecular complexity index is 1220. The zero-order valence-corrected chi connectivity index (χ0v) is 18.1. The van der Waals surface area contributed by atoms with Crippen LogP contribution in [0.25, 0.3) is 11.4 Å². The summed E-state index contributed by atoms with van der Waals surface area (Å²) in [6.45, 7) is 0.848. The fraction of sp³-hybridized carbons (Fsp3) is 0.333. The first-order valence-electron chi connectivity index (χ1n) is 10.3. The smallest absolute Gasteiger partial charge is 0.413 e. The van der Waals surface area contributed by atoms with Crippen LogP contribution >= 0.6 is 0 Å². The van der Waals surface area contributed by atoms with Gasteiger partial charge in [-0.05, 0) is 37.5 Å². The second kappa shape index (κ2) is 9.45. The van der Waals surface area contributed by atoms with Gasteiger partial charge >= 0.3 is 6.09 Å². The predicted molar refractivity (Wildman–Crippen MR) is 113 cm³/mol. The van der Waals surface area contributed by atoms with E-state index in [1.54, 1.807) is 12.1 Å². The molecule has 4 rings (SSSR count). The molecule has 3 heterocycles. The minimum absolute atomic E-state index is 0.142. The Morgan fingerprint density at radius 3 is 2.71 bits per heavy atom. The van der Waals surface area contributed by atoms with Gasteiger partial charge in [0.2, 0.25) is 11.9 Å². The number of carbonyl (C=O) groups excluding carboxylic acids is 2. The van der Waals surface area contributed by atoms with Crippen LogP contribution in [0.5, 0.6) is 0 Å². The number of amides is 2. The van der Waals surface area contributed by atoms with Gasteiger partial charge in [-0.1, -0.05) is 5.21 Å². The summed E-state index contributed by atoms with van der Waals surface area (Å²) in [6, 6.07) is 4.04. The van der Waals surface area contributed by atoms with Crippen molar-refractivity contribution in [3.8, 4) is 11.4 Å². The molecule has 1 aliphatic carbocycles. The van der Waals surface area contributed by atoms with Crippen LogP contribution in [0.15, 0.2) is 30.6 Å². The Labute approximate surface area is 191 Å². The maximum Gasteiger partial charge on any atom is 0.413 e. The standard InChI is InChI=1S/C21H20F3N7O3/c1-10(14-6-12(23)8-26-18(14)24)34-21(33)28-19-17(29-30-31(19)2)16-4-3-13(9-25-16)27-20(32)15-5-11(15)7-22/h3-4,6,8-11,15H,5,7H2,1-2H3,(H,27,32)(H,28,33)/t10-,11+,15-/m1/s1. The van der Waals surface area contributed by atoms with Crippen LogP contribution < -0.4 is 10.6 Å². The van der Waals surface area contributed by atoms with Crippen LogP contribution in [0.3, 0.4) is 0 Å². The lowest BCUT2D eigenvalue weighted by atomic mass is 10.2. The van der Waals surface area contributed by atoms with E-state index in [9.17, 15) is 22.8 Å². The number of pyridine rings is 2. The van der Waals surface area contributed by atoms with E-state index in [0.29, 0.717) is 17.8 Å². The van der Waals surface area contributed by atoms with E-state index in [4.69, 9.17) is 4.74 Å². The molecule has 3 aromatic rings. The molecule has 0 radical (unpaired) electrons. The molecule has 13 heteroatoms. The van der Waals surface area contributed by atoms with Crippen LogP contribution in [0.1, 0.15) is 25.0 Å². The molecular formula is C21H20F3N7O3. The number of ether oxygens (including phenoxy) is 1. The average molecular weight is 475 g/mol. The summed E-state index contributed by atoms with van der Waals surface area (Å²) in [4.78, 5) is 32.0. The van der Waals surface area contributed by atoms with Crippen molar-refractivity contribution in [3.63, 3.8) is 0 Å². The minimum atomic E-state index is -1.13. The van der Waals surface area contributed by atoms with Gasteiger partial charge in [0.05, 0.1) is 36.0 Å². The Morgan fingerprint density at radius 2 is 2.03 bits per heavy atom. The number of aromatic nitrogens is 5. The van der Waals surface area contributed by atoms with Gasteiger partial charge in [0.15, 0.2) is 11.5 Å². The maximum atomic E-state index is 13.8.